The van der Waals surface area contributed by atoms with Crippen LogP contribution in [0.3, 0.4) is 0 Å². The van der Waals surface area contributed by atoms with Gasteiger partial charge in [0, 0.05) is 29.4 Å². The molecular formula is C19H21N3O3. The molecule has 2 aromatic carbocycles. The molecule has 1 heterocycles. The topological polar surface area (TPSA) is 75.5 Å². The standard InChI is InChI=1S/C19H21N3O3/c1-3-11-21-18(20-16-8-6-5-7-15(16)19(21)23)14-10-9-13(4-2)17(12-14)22(24)25/h5-10,12,18,20H,3-4,11H2,1-2H3/t18-/m1/s1. The molecule has 6 heteroatoms. The summed E-state index contributed by atoms with van der Waals surface area (Å²) in [6.45, 7) is 4.48. The van der Waals surface area contributed by atoms with Gasteiger partial charge in [0.05, 0.1) is 10.5 Å². The molecule has 0 spiro atoms. The SMILES string of the molecule is CCCN1C(=O)c2ccccc2N[C@H]1c1ccc(CC)c([N+](=O)[O-])c1. The Morgan fingerprint density at radius 3 is 2.64 bits per heavy atom. The molecule has 0 saturated heterocycles. The van der Waals surface area contributed by atoms with Gasteiger partial charge in [-0.25, -0.2) is 0 Å². The summed E-state index contributed by atoms with van der Waals surface area (Å²) in [6.07, 6.45) is 0.989. The van der Waals surface area contributed by atoms with Gasteiger partial charge in [-0.05, 0) is 25.0 Å². The van der Waals surface area contributed by atoms with E-state index in [0.29, 0.717) is 24.1 Å². The minimum Gasteiger partial charge on any atom is -0.361 e. The fraction of sp³-hybridized carbons (Fsp3) is 0.316. The van der Waals surface area contributed by atoms with Gasteiger partial charge in [0.1, 0.15) is 6.17 Å². The third kappa shape index (κ3) is 3.07. The summed E-state index contributed by atoms with van der Waals surface area (Å²) in [7, 11) is 0. The summed E-state index contributed by atoms with van der Waals surface area (Å²) in [6, 6.07) is 12.6. The molecule has 0 saturated carbocycles. The lowest BCUT2D eigenvalue weighted by Crippen LogP contribution is -2.43. The zero-order valence-electron chi connectivity index (χ0n) is 14.4. The first-order valence-electron chi connectivity index (χ1n) is 8.50. The number of amides is 1. The first-order valence-corrected chi connectivity index (χ1v) is 8.50. The number of nitrogens with zero attached hydrogens (tertiary/aromatic N) is 2. The highest BCUT2D eigenvalue weighted by atomic mass is 16.6. The van der Waals surface area contributed by atoms with E-state index in [1.807, 2.05) is 38.1 Å². The second-order valence-electron chi connectivity index (χ2n) is 6.09. The van der Waals surface area contributed by atoms with Crippen LogP contribution in [0.4, 0.5) is 11.4 Å². The monoisotopic (exact) mass is 339 g/mol. The molecule has 1 aliphatic heterocycles. The van der Waals surface area contributed by atoms with Crippen molar-refractivity contribution in [2.75, 3.05) is 11.9 Å². The number of nitro benzene ring substituents is 1. The average Bonchev–Trinajstić information content (AvgIpc) is 2.63. The normalized spacial score (nSPS) is 16.3. The van der Waals surface area contributed by atoms with Crippen LogP contribution in [0.2, 0.25) is 0 Å². The van der Waals surface area contributed by atoms with Crippen LogP contribution in [0.15, 0.2) is 42.5 Å². The molecule has 1 atom stereocenters. The van der Waals surface area contributed by atoms with Crippen LogP contribution in [0.1, 0.15) is 47.9 Å². The Morgan fingerprint density at radius 1 is 1.20 bits per heavy atom. The lowest BCUT2D eigenvalue weighted by atomic mass is 10.0. The molecule has 1 aliphatic rings. The highest BCUT2D eigenvalue weighted by molar-refractivity contribution is 6.01. The summed E-state index contributed by atoms with van der Waals surface area (Å²) in [5.74, 6) is -0.0524. The van der Waals surface area contributed by atoms with Crippen LogP contribution in [0, 0.1) is 10.1 Å². The lowest BCUT2D eigenvalue weighted by Gasteiger charge is -2.38. The van der Waals surface area contributed by atoms with Crippen LogP contribution in [0.25, 0.3) is 0 Å². The van der Waals surface area contributed by atoms with E-state index < -0.39 is 6.17 Å². The summed E-state index contributed by atoms with van der Waals surface area (Å²) >= 11 is 0. The van der Waals surface area contributed by atoms with Crippen LogP contribution >= 0.6 is 0 Å². The maximum Gasteiger partial charge on any atom is 0.272 e. The Bertz CT molecular complexity index is 819. The Hall–Kier alpha value is -2.89. The highest BCUT2D eigenvalue weighted by Crippen LogP contribution is 2.35. The maximum absolute atomic E-state index is 12.9. The number of carbonyl (C=O) groups is 1. The number of nitro groups is 1. The number of anilines is 1. The Kier molecular flexibility index (Phi) is 4.70. The summed E-state index contributed by atoms with van der Waals surface area (Å²) in [4.78, 5) is 25.7. The number of aryl methyl sites for hydroxylation is 1. The summed E-state index contributed by atoms with van der Waals surface area (Å²) in [5.41, 5.74) is 2.90. The van der Waals surface area contributed by atoms with Gasteiger partial charge in [0.2, 0.25) is 0 Å². The Morgan fingerprint density at radius 2 is 1.96 bits per heavy atom. The fourth-order valence-electron chi connectivity index (χ4n) is 3.25. The number of nitrogens with one attached hydrogen (secondary N) is 1. The molecule has 0 bridgehead atoms. The minimum atomic E-state index is -0.410. The first kappa shape index (κ1) is 17.0. The number of benzene rings is 2. The number of rotatable bonds is 5. The third-order valence-corrected chi connectivity index (χ3v) is 4.49. The molecule has 2 aromatic rings. The van der Waals surface area contributed by atoms with Crippen LogP contribution in [-0.4, -0.2) is 22.3 Å². The predicted octanol–water partition coefficient (Wildman–Crippen LogP) is 4.13. The van der Waals surface area contributed by atoms with E-state index in [1.165, 1.54) is 0 Å². The zero-order chi connectivity index (χ0) is 18.0. The van der Waals surface area contributed by atoms with Crippen molar-refractivity contribution in [1.82, 2.24) is 4.90 Å². The smallest absolute Gasteiger partial charge is 0.272 e. The fourth-order valence-corrected chi connectivity index (χ4v) is 3.25. The minimum absolute atomic E-state index is 0.0524. The molecule has 1 N–H and O–H groups in total. The van der Waals surface area contributed by atoms with Gasteiger partial charge in [-0.1, -0.05) is 38.1 Å². The quantitative estimate of drug-likeness (QED) is 0.656. The van der Waals surface area contributed by atoms with Crippen molar-refractivity contribution in [2.24, 2.45) is 0 Å². The summed E-state index contributed by atoms with van der Waals surface area (Å²) in [5, 5.41) is 14.8. The maximum atomic E-state index is 12.9. The predicted molar refractivity (Wildman–Crippen MR) is 96.6 cm³/mol. The largest absolute Gasteiger partial charge is 0.361 e. The molecule has 0 aliphatic carbocycles. The molecule has 1 amide bonds. The van der Waals surface area contributed by atoms with Crippen molar-refractivity contribution in [3.05, 3.63) is 69.3 Å². The van der Waals surface area contributed by atoms with Gasteiger partial charge in [-0.2, -0.15) is 0 Å². The van der Waals surface area contributed by atoms with E-state index in [-0.39, 0.29) is 16.5 Å². The van der Waals surface area contributed by atoms with E-state index in [4.69, 9.17) is 0 Å². The molecule has 0 fully saturated rings. The molecule has 3 rings (SSSR count). The van der Waals surface area contributed by atoms with Crippen molar-refractivity contribution >= 4 is 17.3 Å². The Labute approximate surface area is 146 Å². The molecule has 0 aromatic heterocycles. The summed E-state index contributed by atoms with van der Waals surface area (Å²) < 4.78 is 0. The van der Waals surface area contributed by atoms with Crippen LogP contribution in [0.5, 0.6) is 0 Å². The molecule has 130 valence electrons. The van der Waals surface area contributed by atoms with E-state index in [9.17, 15) is 14.9 Å². The number of para-hydroxylation sites is 1. The zero-order valence-corrected chi connectivity index (χ0v) is 14.4. The Balaban J connectivity index is 2.07. The van der Waals surface area contributed by atoms with E-state index in [1.54, 1.807) is 23.1 Å². The number of fused-ring (bicyclic) bond motifs is 1. The molecule has 6 nitrogen and oxygen atoms in total. The van der Waals surface area contributed by atoms with Crippen molar-refractivity contribution in [3.63, 3.8) is 0 Å². The van der Waals surface area contributed by atoms with Gasteiger partial charge in [-0.3, -0.25) is 14.9 Å². The molecule has 0 unspecified atom stereocenters. The highest BCUT2D eigenvalue weighted by Gasteiger charge is 2.33. The van der Waals surface area contributed by atoms with Gasteiger partial charge in [-0.15, -0.1) is 0 Å². The van der Waals surface area contributed by atoms with Gasteiger partial charge in [0.15, 0.2) is 0 Å². The first-order chi connectivity index (χ1) is 12.1. The second-order valence-corrected chi connectivity index (χ2v) is 6.09. The van der Waals surface area contributed by atoms with Gasteiger partial charge >= 0.3 is 0 Å². The van der Waals surface area contributed by atoms with E-state index in [2.05, 4.69) is 5.32 Å². The lowest BCUT2D eigenvalue weighted by molar-refractivity contribution is -0.385. The van der Waals surface area contributed by atoms with Crippen molar-refractivity contribution < 1.29 is 9.72 Å². The second kappa shape index (κ2) is 6.93. The molecule has 0 radical (unpaired) electrons. The van der Waals surface area contributed by atoms with Crippen molar-refractivity contribution in [1.29, 1.82) is 0 Å². The number of hydrogen-bond acceptors (Lipinski definition) is 4. The molecular weight excluding hydrogens is 318 g/mol. The average molecular weight is 339 g/mol. The van der Waals surface area contributed by atoms with Crippen LogP contribution < -0.4 is 5.32 Å². The van der Waals surface area contributed by atoms with Crippen molar-refractivity contribution in [2.45, 2.75) is 32.9 Å². The van der Waals surface area contributed by atoms with Gasteiger partial charge in [0.25, 0.3) is 11.6 Å². The number of carbonyl (C=O) groups excluding carboxylic acids is 1. The van der Waals surface area contributed by atoms with E-state index >= 15 is 0 Å². The number of hydrogen-bond donors (Lipinski definition) is 1. The van der Waals surface area contributed by atoms with Crippen LogP contribution in [-0.2, 0) is 6.42 Å². The van der Waals surface area contributed by atoms with Crippen molar-refractivity contribution in [3.8, 4) is 0 Å². The van der Waals surface area contributed by atoms with Gasteiger partial charge < -0.3 is 10.2 Å². The molecule has 25 heavy (non-hydrogen) atoms. The van der Waals surface area contributed by atoms with E-state index in [0.717, 1.165) is 17.7 Å². The third-order valence-electron chi connectivity index (χ3n) is 4.49.